The summed E-state index contributed by atoms with van der Waals surface area (Å²) in [6, 6.07) is 49.2. The normalized spacial score (nSPS) is 11.5. The topological polar surface area (TPSA) is 14.2 Å². The summed E-state index contributed by atoms with van der Waals surface area (Å²) in [6.45, 7) is 7.33. The van der Waals surface area contributed by atoms with Crippen molar-refractivity contribution in [2.45, 2.75) is 0 Å². The van der Waals surface area contributed by atoms with Gasteiger partial charge in [0.2, 0.25) is 0 Å². The van der Waals surface area contributed by atoms with Gasteiger partial charge in [-0.2, -0.15) is 0 Å². The van der Waals surface area contributed by atoms with E-state index in [9.17, 15) is 0 Å². The molecule has 186 valence electrons. The van der Waals surface area contributed by atoms with Crippen molar-refractivity contribution in [3.8, 4) is 22.5 Å². The van der Waals surface area contributed by atoms with Crippen LogP contribution in [0.25, 0.3) is 71.0 Å². The maximum Gasteiger partial charge on any atom is 0.187 e. The second-order valence-corrected chi connectivity index (χ2v) is 10.1. The molecule has 8 rings (SSSR count). The maximum atomic E-state index is 7.33. The van der Waals surface area contributed by atoms with Gasteiger partial charge in [-0.25, -0.2) is 4.85 Å². The average molecular weight is 510 g/mol. The van der Waals surface area contributed by atoms with Crippen LogP contribution in [-0.2, 0) is 0 Å². The smallest absolute Gasteiger partial charge is 0.187 e. The highest BCUT2D eigenvalue weighted by Crippen LogP contribution is 2.39. The second-order valence-electron chi connectivity index (χ2n) is 10.1. The van der Waals surface area contributed by atoms with Gasteiger partial charge in [0.1, 0.15) is 0 Å². The summed E-state index contributed by atoms with van der Waals surface area (Å²) in [5, 5.41) is 4.96. The number of para-hydroxylation sites is 4. The first-order valence-electron chi connectivity index (χ1n) is 13.4. The Hall–Kier alpha value is -5.59. The van der Waals surface area contributed by atoms with Crippen LogP contribution in [0.5, 0.6) is 0 Å². The highest BCUT2D eigenvalue weighted by atomic mass is 15.0. The average Bonchev–Trinajstić information content (AvgIpc) is 3.54. The van der Waals surface area contributed by atoms with Crippen LogP contribution in [-0.4, -0.2) is 9.13 Å². The molecule has 0 aliphatic heterocycles. The van der Waals surface area contributed by atoms with Crippen molar-refractivity contribution in [2.75, 3.05) is 0 Å². The van der Waals surface area contributed by atoms with Crippen LogP contribution in [0.15, 0.2) is 140 Å². The first kappa shape index (κ1) is 22.4. The largest absolute Gasteiger partial charge is 0.309 e. The van der Waals surface area contributed by atoms with Crippen LogP contribution in [0.4, 0.5) is 5.69 Å². The van der Waals surface area contributed by atoms with Crippen LogP contribution in [0.1, 0.15) is 0 Å². The number of nitrogens with zero attached hydrogens (tertiary/aromatic N) is 3. The van der Waals surface area contributed by atoms with Gasteiger partial charge in [0.15, 0.2) is 5.69 Å². The molecule has 3 nitrogen and oxygen atoms in total. The van der Waals surface area contributed by atoms with Crippen LogP contribution in [0.3, 0.4) is 0 Å². The Bertz CT molecular complexity index is 2220. The summed E-state index contributed by atoms with van der Waals surface area (Å²) >= 11 is 0. The SMILES string of the molecule is [C-]#[N+]c1ccc(-c2ccccc2-n2c3ccccc3c3cc(-n4c5ccccc5c5ccccc54)ccc32)cc1. The summed E-state index contributed by atoms with van der Waals surface area (Å²) in [5.41, 5.74) is 9.89. The number of aromatic nitrogens is 2. The van der Waals surface area contributed by atoms with E-state index in [0.29, 0.717) is 5.69 Å². The summed E-state index contributed by atoms with van der Waals surface area (Å²) < 4.78 is 4.75. The predicted molar refractivity (Wildman–Crippen MR) is 167 cm³/mol. The fourth-order valence-corrected chi connectivity index (χ4v) is 6.19. The molecule has 6 aromatic carbocycles. The quantitative estimate of drug-likeness (QED) is 0.210. The third-order valence-corrected chi connectivity index (χ3v) is 7.95. The fraction of sp³-hybridized carbons (Fsp3) is 0. The monoisotopic (exact) mass is 509 g/mol. The van der Waals surface area contributed by atoms with Gasteiger partial charge in [0.05, 0.1) is 34.3 Å². The molecule has 0 spiro atoms. The first-order valence-corrected chi connectivity index (χ1v) is 13.4. The lowest BCUT2D eigenvalue weighted by atomic mass is 10.0. The van der Waals surface area contributed by atoms with E-state index in [1.54, 1.807) is 0 Å². The number of hydrogen-bond acceptors (Lipinski definition) is 0. The van der Waals surface area contributed by atoms with Crippen molar-refractivity contribution >= 4 is 49.3 Å². The van der Waals surface area contributed by atoms with Crippen molar-refractivity contribution in [1.29, 1.82) is 0 Å². The Morgan fingerprint density at radius 3 is 1.62 bits per heavy atom. The second kappa shape index (κ2) is 8.73. The Kier molecular flexibility index (Phi) is 4.89. The molecule has 40 heavy (non-hydrogen) atoms. The highest BCUT2D eigenvalue weighted by Gasteiger charge is 2.17. The first-order chi connectivity index (χ1) is 19.8. The standard InChI is InChI=1S/C37H23N3/c1-38-26-20-18-25(19-21-26)28-10-2-6-14-33(28)40-36-17-9-5-13-31(36)32-24-27(22-23-37(32)40)39-34-15-7-3-11-29(34)30-12-4-8-16-35(30)39/h2-24H. The zero-order valence-electron chi connectivity index (χ0n) is 21.6. The maximum absolute atomic E-state index is 7.33. The third kappa shape index (κ3) is 3.24. The van der Waals surface area contributed by atoms with E-state index in [1.165, 1.54) is 38.1 Å². The van der Waals surface area contributed by atoms with E-state index >= 15 is 0 Å². The molecule has 0 unspecified atom stereocenters. The Labute approximate surface area is 231 Å². The van der Waals surface area contributed by atoms with Crippen molar-refractivity contribution in [1.82, 2.24) is 9.13 Å². The van der Waals surface area contributed by atoms with Gasteiger partial charge in [-0.15, -0.1) is 0 Å². The molecule has 0 saturated heterocycles. The minimum atomic E-state index is 0.649. The fourth-order valence-electron chi connectivity index (χ4n) is 6.19. The number of fused-ring (bicyclic) bond motifs is 6. The molecular formula is C37H23N3. The molecule has 0 bridgehead atoms. The lowest BCUT2D eigenvalue weighted by molar-refractivity contribution is 1.17. The molecular weight excluding hydrogens is 486 g/mol. The Morgan fingerprint density at radius 2 is 0.975 bits per heavy atom. The van der Waals surface area contributed by atoms with Gasteiger partial charge in [-0.05, 0) is 48.0 Å². The zero-order valence-corrected chi connectivity index (χ0v) is 21.6. The summed E-state index contributed by atoms with van der Waals surface area (Å²) in [5.74, 6) is 0. The van der Waals surface area contributed by atoms with Crippen LogP contribution in [0, 0.1) is 6.57 Å². The summed E-state index contributed by atoms with van der Waals surface area (Å²) in [7, 11) is 0. The van der Waals surface area contributed by atoms with Gasteiger partial charge in [-0.1, -0.05) is 97.1 Å². The van der Waals surface area contributed by atoms with E-state index in [4.69, 9.17) is 6.57 Å². The van der Waals surface area contributed by atoms with E-state index in [0.717, 1.165) is 28.0 Å². The van der Waals surface area contributed by atoms with E-state index < -0.39 is 0 Å². The lowest BCUT2D eigenvalue weighted by Gasteiger charge is -2.14. The van der Waals surface area contributed by atoms with Gasteiger partial charge >= 0.3 is 0 Å². The molecule has 0 atom stereocenters. The minimum Gasteiger partial charge on any atom is -0.309 e. The van der Waals surface area contributed by atoms with Crippen molar-refractivity contribution in [3.63, 3.8) is 0 Å². The molecule has 2 heterocycles. The predicted octanol–water partition coefficient (Wildman–Crippen LogP) is 10.1. The van der Waals surface area contributed by atoms with E-state index in [-0.39, 0.29) is 0 Å². The molecule has 0 fully saturated rings. The van der Waals surface area contributed by atoms with Gasteiger partial charge in [0.25, 0.3) is 0 Å². The van der Waals surface area contributed by atoms with Crippen LogP contribution >= 0.6 is 0 Å². The molecule has 3 heteroatoms. The van der Waals surface area contributed by atoms with Crippen molar-refractivity contribution < 1.29 is 0 Å². The van der Waals surface area contributed by atoms with Crippen molar-refractivity contribution in [2.24, 2.45) is 0 Å². The molecule has 0 aliphatic rings. The summed E-state index contributed by atoms with van der Waals surface area (Å²) in [4.78, 5) is 3.57. The Balaban J connectivity index is 1.41. The third-order valence-electron chi connectivity index (χ3n) is 7.95. The molecule has 0 radical (unpaired) electrons. The van der Waals surface area contributed by atoms with Gasteiger partial charge < -0.3 is 9.13 Å². The van der Waals surface area contributed by atoms with Crippen LogP contribution in [0.2, 0.25) is 0 Å². The van der Waals surface area contributed by atoms with E-state index in [2.05, 4.69) is 129 Å². The van der Waals surface area contributed by atoms with Crippen molar-refractivity contribution in [3.05, 3.63) is 151 Å². The lowest BCUT2D eigenvalue weighted by Crippen LogP contribution is -1.97. The zero-order chi connectivity index (χ0) is 26.6. The molecule has 0 saturated carbocycles. The Morgan fingerprint density at radius 1 is 0.450 bits per heavy atom. The van der Waals surface area contributed by atoms with E-state index in [1.807, 2.05) is 24.3 Å². The minimum absolute atomic E-state index is 0.649. The van der Waals surface area contributed by atoms with Gasteiger partial charge in [-0.3, -0.25) is 0 Å². The number of hydrogen-bond donors (Lipinski definition) is 0. The van der Waals surface area contributed by atoms with Crippen LogP contribution < -0.4 is 0 Å². The molecule has 2 aromatic heterocycles. The molecule has 0 N–H and O–H groups in total. The number of benzene rings is 6. The molecule has 8 aromatic rings. The van der Waals surface area contributed by atoms with Gasteiger partial charge in [0, 0.05) is 32.8 Å². The molecule has 0 aliphatic carbocycles. The molecule has 0 amide bonds. The summed E-state index contributed by atoms with van der Waals surface area (Å²) in [6.07, 6.45) is 0. The highest BCUT2D eigenvalue weighted by molar-refractivity contribution is 6.12. The number of rotatable bonds is 3.